The molecule has 0 aromatic carbocycles. The standard InChI is InChI=1S/C13H22O/c1-12(2)8-11(14)13(3,4)10-7-5-6-9(10)12/h9-10H,5-8H2,1-4H3. The van der Waals surface area contributed by atoms with E-state index in [1.807, 2.05) is 0 Å². The SMILES string of the molecule is CC1(C)CC(=O)C(C)(C)C2CCCC21. The first-order chi connectivity index (χ1) is 6.36. The third-order valence-corrected chi connectivity index (χ3v) is 4.78. The van der Waals surface area contributed by atoms with Crippen molar-refractivity contribution < 1.29 is 4.79 Å². The van der Waals surface area contributed by atoms with Crippen LogP contribution in [-0.2, 0) is 4.79 Å². The Balaban J connectivity index is 2.35. The molecule has 1 heteroatoms. The molecule has 2 aliphatic rings. The minimum absolute atomic E-state index is 0.0450. The fourth-order valence-corrected chi connectivity index (χ4v) is 3.74. The molecule has 2 aliphatic carbocycles. The molecule has 2 unspecified atom stereocenters. The van der Waals surface area contributed by atoms with E-state index in [1.165, 1.54) is 19.3 Å². The van der Waals surface area contributed by atoms with E-state index in [9.17, 15) is 4.79 Å². The molecule has 0 amide bonds. The Bertz CT molecular complexity index is 262. The molecule has 0 aromatic rings. The van der Waals surface area contributed by atoms with E-state index in [1.54, 1.807) is 0 Å². The lowest BCUT2D eigenvalue weighted by atomic mass is 9.55. The Morgan fingerprint density at radius 1 is 1.07 bits per heavy atom. The van der Waals surface area contributed by atoms with Crippen LogP contribution in [0.3, 0.4) is 0 Å². The van der Waals surface area contributed by atoms with Gasteiger partial charge in [-0.15, -0.1) is 0 Å². The van der Waals surface area contributed by atoms with Crippen molar-refractivity contribution in [2.45, 2.75) is 53.4 Å². The third kappa shape index (κ3) is 1.24. The molecule has 0 aliphatic heterocycles. The number of carbonyl (C=O) groups is 1. The number of Topliss-reactive ketones (excluding diaryl/α,β-unsaturated/α-hetero) is 1. The molecule has 0 N–H and O–H groups in total. The fourth-order valence-electron chi connectivity index (χ4n) is 3.74. The summed E-state index contributed by atoms with van der Waals surface area (Å²) < 4.78 is 0. The van der Waals surface area contributed by atoms with Crippen LogP contribution in [0.2, 0.25) is 0 Å². The first-order valence-electron chi connectivity index (χ1n) is 5.89. The van der Waals surface area contributed by atoms with Gasteiger partial charge in [0.15, 0.2) is 0 Å². The Morgan fingerprint density at radius 3 is 2.29 bits per heavy atom. The highest BCUT2D eigenvalue weighted by molar-refractivity contribution is 5.86. The maximum atomic E-state index is 12.1. The molecule has 1 nitrogen and oxygen atoms in total. The van der Waals surface area contributed by atoms with E-state index in [-0.39, 0.29) is 10.8 Å². The van der Waals surface area contributed by atoms with Gasteiger partial charge in [0, 0.05) is 11.8 Å². The largest absolute Gasteiger partial charge is 0.299 e. The molecule has 2 fully saturated rings. The van der Waals surface area contributed by atoms with Crippen LogP contribution in [0.1, 0.15) is 53.4 Å². The van der Waals surface area contributed by atoms with Crippen molar-refractivity contribution >= 4 is 5.78 Å². The van der Waals surface area contributed by atoms with Gasteiger partial charge in [-0.1, -0.05) is 34.1 Å². The number of carbonyl (C=O) groups excluding carboxylic acids is 1. The molecule has 80 valence electrons. The predicted octanol–water partition coefficient (Wildman–Crippen LogP) is 3.43. The van der Waals surface area contributed by atoms with Gasteiger partial charge in [0.25, 0.3) is 0 Å². The van der Waals surface area contributed by atoms with Crippen LogP contribution in [-0.4, -0.2) is 5.78 Å². The predicted molar refractivity (Wildman–Crippen MR) is 58.0 cm³/mol. The van der Waals surface area contributed by atoms with Crippen molar-refractivity contribution in [1.82, 2.24) is 0 Å². The Hall–Kier alpha value is -0.330. The van der Waals surface area contributed by atoms with E-state index in [0.29, 0.717) is 11.7 Å². The number of fused-ring (bicyclic) bond motifs is 1. The lowest BCUT2D eigenvalue weighted by molar-refractivity contribution is -0.141. The lowest BCUT2D eigenvalue weighted by Gasteiger charge is -2.48. The molecule has 0 heterocycles. The minimum atomic E-state index is -0.0450. The molecule has 0 aromatic heterocycles. The summed E-state index contributed by atoms with van der Waals surface area (Å²) in [6, 6.07) is 0. The highest BCUT2D eigenvalue weighted by Gasteiger charge is 2.53. The van der Waals surface area contributed by atoms with E-state index < -0.39 is 0 Å². The molecule has 0 spiro atoms. The van der Waals surface area contributed by atoms with E-state index >= 15 is 0 Å². The maximum absolute atomic E-state index is 12.1. The fraction of sp³-hybridized carbons (Fsp3) is 0.923. The third-order valence-electron chi connectivity index (χ3n) is 4.78. The summed E-state index contributed by atoms with van der Waals surface area (Å²) in [5.74, 6) is 1.93. The average molecular weight is 194 g/mol. The molecule has 2 atom stereocenters. The highest BCUT2D eigenvalue weighted by Crippen LogP contribution is 2.57. The number of hydrogen-bond acceptors (Lipinski definition) is 1. The Labute approximate surface area is 87.3 Å². The van der Waals surface area contributed by atoms with Crippen LogP contribution in [0.5, 0.6) is 0 Å². The zero-order valence-corrected chi connectivity index (χ0v) is 9.89. The average Bonchev–Trinajstić information content (AvgIpc) is 2.49. The summed E-state index contributed by atoms with van der Waals surface area (Å²) in [5.41, 5.74) is 0.213. The van der Waals surface area contributed by atoms with E-state index in [0.717, 1.165) is 12.3 Å². The monoisotopic (exact) mass is 194 g/mol. The highest BCUT2D eigenvalue weighted by atomic mass is 16.1. The zero-order valence-electron chi connectivity index (χ0n) is 9.89. The summed E-state index contributed by atoms with van der Waals surface area (Å²) >= 11 is 0. The van der Waals surface area contributed by atoms with Gasteiger partial charge in [0.2, 0.25) is 0 Å². The molecule has 2 saturated carbocycles. The van der Waals surface area contributed by atoms with Crippen molar-refractivity contribution in [2.24, 2.45) is 22.7 Å². The number of ketones is 1. The Morgan fingerprint density at radius 2 is 1.64 bits per heavy atom. The molecule has 0 saturated heterocycles. The molecular formula is C13H22O. The van der Waals surface area contributed by atoms with Gasteiger partial charge in [0.05, 0.1) is 0 Å². The summed E-state index contributed by atoms with van der Waals surface area (Å²) in [4.78, 5) is 12.1. The number of hydrogen-bond donors (Lipinski definition) is 0. The quantitative estimate of drug-likeness (QED) is 0.577. The van der Waals surface area contributed by atoms with Gasteiger partial charge in [-0.05, 0) is 30.1 Å². The first kappa shape index (κ1) is 10.2. The van der Waals surface area contributed by atoms with E-state index in [4.69, 9.17) is 0 Å². The summed E-state index contributed by atoms with van der Waals surface area (Å²) in [7, 11) is 0. The van der Waals surface area contributed by atoms with Crippen molar-refractivity contribution in [3.63, 3.8) is 0 Å². The second kappa shape index (κ2) is 2.84. The normalized spacial score (nSPS) is 39.6. The smallest absolute Gasteiger partial charge is 0.139 e. The Kier molecular flexibility index (Phi) is 2.06. The lowest BCUT2D eigenvalue weighted by Crippen LogP contribution is -2.47. The molecular weight excluding hydrogens is 172 g/mol. The van der Waals surface area contributed by atoms with Crippen LogP contribution in [0.4, 0.5) is 0 Å². The summed E-state index contributed by atoms with van der Waals surface area (Å²) in [6.07, 6.45) is 4.73. The second-order valence-corrected chi connectivity index (χ2v) is 6.45. The van der Waals surface area contributed by atoms with Gasteiger partial charge in [-0.25, -0.2) is 0 Å². The topological polar surface area (TPSA) is 17.1 Å². The molecule has 2 rings (SSSR count). The summed E-state index contributed by atoms with van der Waals surface area (Å²) in [5, 5.41) is 0. The summed E-state index contributed by atoms with van der Waals surface area (Å²) in [6.45, 7) is 8.88. The van der Waals surface area contributed by atoms with Crippen LogP contribution in [0.15, 0.2) is 0 Å². The van der Waals surface area contributed by atoms with Crippen molar-refractivity contribution in [3.05, 3.63) is 0 Å². The van der Waals surface area contributed by atoms with Gasteiger partial charge in [-0.2, -0.15) is 0 Å². The maximum Gasteiger partial charge on any atom is 0.139 e. The molecule has 14 heavy (non-hydrogen) atoms. The van der Waals surface area contributed by atoms with Gasteiger partial charge in [0.1, 0.15) is 5.78 Å². The van der Waals surface area contributed by atoms with Crippen molar-refractivity contribution in [2.75, 3.05) is 0 Å². The van der Waals surface area contributed by atoms with Gasteiger partial charge < -0.3 is 0 Å². The van der Waals surface area contributed by atoms with E-state index in [2.05, 4.69) is 27.7 Å². The van der Waals surface area contributed by atoms with Gasteiger partial charge >= 0.3 is 0 Å². The minimum Gasteiger partial charge on any atom is -0.299 e. The first-order valence-corrected chi connectivity index (χ1v) is 5.89. The van der Waals surface area contributed by atoms with Crippen LogP contribution in [0.25, 0.3) is 0 Å². The molecule has 0 bridgehead atoms. The van der Waals surface area contributed by atoms with Crippen molar-refractivity contribution in [3.8, 4) is 0 Å². The van der Waals surface area contributed by atoms with Crippen LogP contribution >= 0.6 is 0 Å². The molecule has 0 radical (unpaired) electrons. The van der Waals surface area contributed by atoms with Crippen molar-refractivity contribution in [1.29, 1.82) is 0 Å². The van der Waals surface area contributed by atoms with Gasteiger partial charge in [-0.3, -0.25) is 4.79 Å². The van der Waals surface area contributed by atoms with Crippen LogP contribution < -0.4 is 0 Å². The zero-order chi connectivity index (χ0) is 10.6. The number of rotatable bonds is 0. The van der Waals surface area contributed by atoms with Crippen LogP contribution in [0, 0.1) is 22.7 Å². The second-order valence-electron chi connectivity index (χ2n) is 6.45.